The summed E-state index contributed by atoms with van der Waals surface area (Å²) in [6, 6.07) is 25.9. The Morgan fingerprint density at radius 2 is 1.28 bits per heavy atom. The van der Waals surface area contributed by atoms with Crippen molar-refractivity contribution in [2.75, 3.05) is 6.61 Å². The Kier molecular flexibility index (Phi) is 6.05. The maximum atomic E-state index is 12.9. The average Bonchev–Trinajstić information content (AvgIpc) is 3.54. The molecule has 3 aromatic carbocycles. The molecule has 2 nitrogen and oxygen atoms in total. The number of rotatable bonds is 6. The number of halogens is 3. The van der Waals surface area contributed by atoms with E-state index in [0.717, 1.165) is 17.7 Å². The number of benzene rings is 3. The summed E-state index contributed by atoms with van der Waals surface area (Å²) in [5.41, 5.74) is 0.0936. The summed E-state index contributed by atoms with van der Waals surface area (Å²) >= 11 is 0. The molecule has 1 fully saturated rings. The molecule has 4 rings (SSSR count). The van der Waals surface area contributed by atoms with Crippen LogP contribution in [0.1, 0.15) is 38.0 Å². The Hall–Kier alpha value is -2.41. The molecule has 1 heterocycles. The Balaban J connectivity index is 1.58. The minimum absolute atomic E-state index is 0.144. The third-order valence-electron chi connectivity index (χ3n) is 6.03. The normalized spacial score (nSPS) is 19.1. The molecule has 0 radical (unpaired) electrons. The van der Waals surface area contributed by atoms with Crippen molar-refractivity contribution in [1.29, 1.82) is 0 Å². The minimum atomic E-state index is -4.34. The molecule has 0 unspecified atom stereocenters. The van der Waals surface area contributed by atoms with E-state index in [4.69, 9.17) is 9.16 Å². The second-order valence-corrected chi connectivity index (χ2v) is 13.5. The van der Waals surface area contributed by atoms with E-state index in [-0.39, 0.29) is 17.2 Å². The summed E-state index contributed by atoms with van der Waals surface area (Å²) in [6.07, 6.45) is -4.75. The topological polar surface area (TPSA) is 21.8 Å². The van der Waals surface area contributed by atoms with Gasteiger partial charge in [-0.1, -0.05) is 93.6 Å². The molecule has 6 heteroatoms. The van der Waals surface area contributed by atoms with Gasteiger partial charge >= 0.3 is 6.18 Å². The van der Waals surface area contributed by atoms with E-state index >= 15 is 0 Å². The zero-order chi connectivity index (χ0) is 23.0. The van der Waals surface area contributed by atoms with E-state index in [1.165, 1.54) is 22.5 Å². The Bertz CT molecular complexity index is 989. The van der Waals surface area contributed by atoms with Crippen LogP contribution in [0.3, 0.4) is 0 Å². The molecule has 0 N–H and O–H groups in total. The van der Waals surface area contributed by atoms with Crippen LogP contribution in [-0.4, -0.2) is 21.0 Å². The third kappa shape index (κ3) is 4.40. The maximum absolute atomic E-state index is 12.9. The molecule has 0 amide bonds. The average molecular weight is 457 g/mol. The van der Waals surface area contributed by atoms with Crippen LogP contribution in [0.15, 0.2) is 84.9 Å². The molecule has 0 saturated carbocycles. The van der Waals surface area contributed by atoms with Crippen LogP contribution in [0.25, 0.3) is 0 Å². The lowest BCUT2D eigenvalue weighted by Gasteiger charge is -2.43. The quantitative estimate of drug-likeness (QED) is 0.349. The lowest BCUT2D eigenvalue weighted by Crippen LogP contribution is -2.66. The van der Waals surface area contributed by atoms with Gasteiger partial charge in [-0.3, -0.25) is 0 Å². The predicted molar refractivity (Wildman–Crippen MR) is 123 cm³/mol. The monoisotopic (exact) mass is 456 g/mol. The number of ether oxygens (including phenoxy) is 1. The first-order chi connectivity index (χ1) is 15.1. The van der Waals surface area contributed by atoms with E-state index in [2.05, 4.69) is 45.0 Å². The summed E-state index contributed by atoms with van der Waals surface area (Å²) in [7, 11) is -2.67. The van der Waals surface area contributed by atoms with Gasteiger partial charge in [-0.15, -0.1) is 0 Å². The Labute approximate surface area is 188 Å². The molecule has 2 atom stereocenters. The van der Waals surface area contributed by atoms with E-state index in [1.54, 1.807) is 0 Å². The third-order valence-corrected chi connectivity index (χ3v) is 11.0. The highest BCUT2D eigenvalue weighted by molar-refractivity contribution is 6.99. The molecule has 3 aromatic rings. The zero-order valence-corrected chi connectivity index (χ0v) is 19.4. The van der Waals surface area contributed by atoms with E-state index in [1.807, 2.05) is 36.4 Å². The molecule has 0 aliphatic carbocycles. The Morgan fingerprint density at radius 1 is 0.781 bits per heavy atom. The molecule has 32 heavy (non-hydrogen) atoms. The fourth-order valence-corrected chi connectivity index (χ4v) is 8.96. The number of epoxide rings is 1. The lowest BCUT2D eigenvalue weighted by molar-refractivity contribution is -0.137. The SMILES string of the molecule is CC(C)(C)[Si](OC[C@@H]1O[C@H]1c1ccc(C(F)(F)F)cc1)(c1ccccc1)c1ccccc1. The summed E-state index contributed by atoms with van der Waals surface area (Å²) in [6.45, 7) is 7.01. The van der Waals surface area contributed by atoms with Crippen LogP contribution in [0, 0.1) is 0 Å². The number of hydrogen-bond donors (Lipinski definition) is 0. The van der Waals surface area contributed by atoms with Crippen LogP contribution in [0.2, 0.25) is 5.04 Å². The van der Waals surface area contributed by atoms with Crippen LogP contribution in [0.5, 0.6) is 0 Å². The summed E-state index contributed by atoms with van der Waals surface area (Å²) in [5, 5.41) is 2.23. The molecular weight excluding hydrogens is 429 g/mol. The van der Waals surface area contributed by atoms with Crippen molar-refractivity contribution in [3.63, 3.8) is 0 Å². The van der Waals surface area contributed by atoms with Crippen molar-refractivity contribution in [3.8, 4) is 0 Å². The summed E-state index contributed by atoms with van der Waals surface area (Å²) in [5.74, 6) is 0. The van der Waals surface area contributed by atoms with Gasteiger partial charge in [0.05, 0.1) is 12.2 Å². The molecular formula is C26H27F3O2Si. The van der Waals surface area contributed by atoms with E-state index in [0.29, 0.717) is 6.61 Å². The first-order valence-corrected chi connectivity index (χ1v) is 12.6. The first kappa shape index (κ1) is 22.8. The van der Waals surface area contributed by atoms with Crippen LogP contribution in [0.4, 0.5) is 13.2 Å². The van der Waals surface area contributed by atoms with Gasteiger partial charge in [-0.2, -0.15) is 13.2 Å². The van der Waals surface area contributed by atoms with Gasteiger partial charge in [-0.25, -0.2) is 0 Å². The number of alkyl halides is 3. The summed E-state index contributed by atoms with van der Waals surface area (Å²) in [4.78, 5) is 0. The fraction of sp³-hybridized carbons (Fsp3) is 0.308. The van der Waals surface area contributed by atoms with Crippen molar-refractivity contribution in [1.82, 2.24) is 0 Å². The smallest absolute Gasteiger partial charge is 0.405 e. The minimum Gasteiger partial charge on any atom is -0.405 e. The fourth-order valence-electron chi connectivity index (χ4n) is 4.39. The highest BCUT2D eigenvalue weighted by Crippen LogP contribution is 2.42. The Morgan fingerprint density at radius 3 is 1.72 bits per heavy atom. The van der Waals surface area contributed by atoms with Gasteiger partial charge in [0.1, 0.15) is 12.2 Å². The molecule has 0 spiro atoms. The van der Waals surface area contributed by atoms with Crippen molar-refractivity contribution >= 4 is 18.7 Å². The van der Waals surface area contributed by atoms with E-state index < -0.39 is 20.1 Å². The molecule has 1 aliphatic rings. The van der Waals surface area contributed by atoms with E-state index in [9.17, 15) is 13.2 Å². The van der Waals surface area contributed by atoms with Gasteiger partial charge in [0.2, 0.25) is 0 Å². The van der Waals surface area contributed by atoms with Crippen molar-refractivity contribution in [2.45, 2.75) is 44.2 Å². The molecule has 0 bridgehead atoms. The van der Waals surface area contributed by atoms with Gasteiger partial charge in [0.15, 0.2) is 0 Å². The molecule has 1 aliphatic heterocycles. The van der Waals surface area contributed by atoms with Crippen molar-refractivity contribution in [3.05, 3.63) is 96.1 Å². The van der Waals surface area contributed by atoms with Gasteiger partial charge < -0.3 is 9.16 Å². The van der Waals surface area contributed by atoms with Crippen molar-refractivity contribution < 1.29 is 22.3 Å². The highest BCUT2D eigenvalue weighted by atomic mass is 28.4. The van der Waals surface area contributed by atoms with Gasteiger partial charge in [-0.05, 0) is 33.1 Å². The zero-order valence-electron chi connectivity index (χ0n) is 18.4. The second kappa shape index (κ2) is 8.50. The highest BCUT2D eigenvalue weighted by Gasteiger charge is 2.52. The van der Waals surface area contributed by atoms with Gasteiger partial charge in [0.25, 0.3) is 8.32 Å². The van der Waals surface area contributed by atoms with Crippen LogP contribution >= 0.6 is 0 Å². The van der Waals surface area contributed by atoms with Crippen LogP contribution < -0.4 is 10.4 Å². The van der Waals surface area contributed by atoms with Crippen LogP contribution in [-0.2, 0) is 15.3 Å². The maximum Gasteiger partial charge on any atom is 0.416 e. The molecule has 0 aromatic heterocycles. The van der Waals surface area contributed by atoms with Crippen molar-refractivity contribution in [2.24, 2.45) is 0 Å². The first-order valence-electron chi connectivity index (χ1n) is 10.7. The molecule has 168 valence electrons. The predicted octanol–water partition coefficient (Wildman–Crippen LogP) is 5.72. The molecule has 1 saturated heterocycles. The summed E-state index contributed by atoms with van der Waals surface area (Å²) < 4.78 is 51.2. The lowest BCUT2D eigenvalue weighted by atomic mass is 10.1. The standard InChI is InChI=1S/C26H27F3O2Si/c1-25(2,3)32(21-10-6-4-7-11-21,22-12-8-5-9-13-22)30-18-23-24(31-23)19-14-16-20(17-15-19)26(27,28)29/h4-17,23-24H,18H2,1-3H3/t23-,24-/m0/s1. The largest absolute Gasteiger partial charge is 0.416 e. The van der Waals surface area contributed by atoms with Gasteiger partial charge in [0, 0.05) is 0 Å². The number of hydrogen-bond acceptors (Lipinski definition) is 2. The second-order valence-electron chi connectivity index (χ2n) is 9.19.